The van der Waals surface area contributed by atoms with Gasteiger partial charge in [-0.3, -0.25) is 4.79 Å². The van der Waals surface area contributed by atoms with E-state index in [9.17, 15) is 9.90 Å². The molecule has 0 atom stereocenters. The van der Waals surface area contributed by atoms with E-state index in [0.717, 1.165) is 5.69 Å². The van der Waals surface area contributed by atoms with Gasteiger partial charge in [-0.05, 0) is 54.3 Å². The number of carbonyl (C=O) groups is 1. The van der Waals surface area contributed by atoms with E-state index in [1.807, 2.05) is 24.3 Å². The van der Waals surface area contributed by atoms with Crippen molar-refractivity contribution >= 4 is 11.6 Å². The van der Waals surface area contributed by atoms with Gasteiger partial charge >= 0.3 is 0 Å². The van der Waals surface area contributed by atoms with Crippen LogP contribution in [0.2, 0.25) is 0 Å². The van der Waals surface area contributed by atoms with Gasteiger partial charge in [-0.1, -0.05) is 26.0 Å². The molecular weight excluding hydrogens is 250 g/mol. The van der Waals surface area contributed by atoms with Crippen molar-refractivity contribution in [2.24, 2.45) is 0 Å². The summed E-state index contributed by atoms with van der Waals surface area (Å²) in [4.78, 5) is 12.2. The third-order valence-electron chi connectivity index (χ3n) is 3.27. The predicted octanol–water partition coefficient (Wildman–Crippen LogP) is 4.08. The van der Waals surface area contributed by atoms with Crippen LogP contribution in [-0.2, 0) is 0 Å². The minimum absolute atomic E-state index is 0.172. The lowest BCUT2D eigenvalue weighted by Crippen LogP contribution is -2.12. The molecule has 0 aromatic heterocycles. The van der Waals surface area contributed by atoms with Crippen molar-refractivity contribution in [1.29, 1.82) is 0 Å². The maximum atomic E-state index is 12.2. The Bertz CT molecular complexity index is 633. The Morgan fingerprint density at radius 3 is 2.55 bits per heavy atom. The number of rotatable bonds is 3. The summed E-state index contributed by atoms with van der Waals surface area (Å²) in [5.74, 6) is 0.445. The number of nitrogens with one attached hydrogen (secondary N) is 1. The van der Waals surface area contributed by atoms with Crippen molar-refractivity contribution in [2.75, 3.05) is 5.32 Å². The van der Waals surface area contributed by atoms with Crippen LogP contribution in [0.4, 0.5) is 5.69 Å². The monoisotopic (exact) mass is 269 g/mol. The van der Waals surface area contributed by atoms with E-state index in [1.165, 1.54) is 11.6 Å². The lowest BCUT2D eigenvalue weighted by Gasteiger charge is -2.10. The van der Waals surface area contributed by atoms with Gasteiger partial charge in [-0.25, -0.2) is 0 Å². The second-order valence-corrected chi connectivity index (χ2v) is 5.24. The van der Waals surface area contributed by atoms with Crippen molar-refractivity contribution in [1.82, 2.24) is 0 Å². The van der Waals surface area contributed by atoms with E-state index in [4.69, 9.17) is 0 Å². The standard InChI is InChI=1S/C17H19NO2/c1-11(2)13-5-4-6-15(10-13)18-17(20)14-7-8-16(19)12(3)9-14/h4-11,19H,1-3H3,(H,18,20). The average molecular weight is 269 g/mol. The van der Waals surface area contributed by atoms with E-state index in [-0.39, 0.29) is 11.7 Å². The zero-order valence-electron chi connectivity index (χ0n) is 12.0. The first-order chi connectivity index (χ1) is 9.47. The highest BCUT2D eigenvalue weighted by Gasteiger charge is 2.08. The average Bonchev–Trinajstić information content (AvgIpc) is 2.42. The lowest BCUT2D eigenvalue weighted by molar-refractivity contribution is 0.102. The van der Waals surface area contributed by atoms with Gasteiger partial charge in [-0.2, -0.15) is 0 Å². The van der Waals surface area contributed by atoms with Crippen LogP contribution < -0.4 is 5.32 Å². The molecule has 1 amide bonds. The second-order valence-electron chi connectivity index (χ2n) is 5.24. The SMILES string of the molecule is Cc1cc(C(=O)Nc2cccc(C(C)C)c2)ccc1O. The lowest BCUT2D eigenvalue weighted by atomic mass is 10.0. The highest BCUT2D eigenvalue weighted by Crippen LogP contribution is 2.20. The zero-order valence-corrected chi connectivity index (χ0v) is 12.0. The first kappa shape index (κ1) is 14.1. The molecule has 0 aliphatic carbocycles. The predicted molar refractivity (Wildman–Crippen MR) is 81.3 cm³/mol. The van der Waals surface area contributed by atoms with E-state index >= 15 is 0 Å². The fraction of sp³-hybridized carbons (Fsp3) is 0.235. The van der Waals surface area contributed by atoms with Crippen molar-refractivity contribution in [3.8, 4) is 5.75 Å². The molecule has 0 radical (unpaired) electrons. The van der Waals surface area contributed by atoms with E-state index in [2.05, 4.69) is 19.2 Å². The molecule has 104 valence electrons. The molecule has 3 heteroatoms. The Morgan fingerprint density at radius 2 is 1.90 bits per heavy atom. The van der Waals surface area contributed by atoms with E-state index in [1.54, 1.807) is 19.1 Å². The third kappa shape index (κ3) is 3.18. The number of phenols is 1. The number of benzene rings is 2. The van der Waals surface area contributed by atoms with Gasteiger partial charge in [0.15, 0.2) is 0 Å². The van der Waals surface area contributed by atoms with Crippen molar-refractivity contribution in [2.45, 2.75) is 26.7 Å². The number of aryl methyl sites for hydroxylation is 1. The second kappa shape index (κ2) is 5.78. The molecule has 2 N–H and O–H groups in total. The van der Waals surface area contributed by atoms with Gasteiger partial charge in [0.1, 0.15) is 5.75 Å². The Balaban J connectivity index is 2.19. The largest absolute Gasteiger partial charge is 0.508 e. The number of anilines is 1. The maximum Gasteiger partial charge on any atom is 0.255 e. The van der Waals surface area contributed by atoms with Crippen molar-refractivity contribution in [3.63, 3.8) is 0 Å². The van der Waals surface area contributed by atoms with Crippen LogP contribution in [0.5, 0.6) is 5.75 Å². The summed E-state index contributed by atoms with van der Waals surface area (Å²) in [6, 6.07) is 12.7. The molecule has 2 aromatic rings. The Labute approximate surface area is 119 Å². The molecule has 2 rings (SSSR count). The molecule has 2 aromatic carbocycles. The van der Waals surface area contributed by atoms with Crippen LogP contribution in [0.1, 0.15) is 41.3 Å². The Morgan fingerprint density at radius 1 is 1.15 bits per heavy atom. The Kier molecular flexibility index (Phi) is 4.08. The maximum absolute atomic E-state index is 12.2. The van der Waals surface area contributed by atoms with E-state index < -0.39 is 0 Å². The molecule has 0 aliphatic heterocycles. The van der Waals surface area contributed by atoms with Gasteiger partial charge in [0.05, 0.1) is 0 Å². The van der Waals surface area contributed by atoms with Crippen molar-refractivity contribution < 1.29 is 9.90 Å². The molecule has 0 bridgehead atoms. The highest BCUT2D eigenvalue weighted by molar-refractivity contribution is 6.04. The number of carbonyl (C=O) groups excluding carboxylic acids is 1. The molecule has 3 nitrogen and oxygen atoms in total. The molecule has 0 heterocycles. The summed E-state index contributed by atoms with van der Waals surface area (Å²) >= 11 is 0. The first-order valence-corrected chi connectivity index (χ1v) is 6.68. The number of aromatic hydroxyl groups is 1. The van der Waals surface area contributed by atoms with Gasteiger partial charge in [0.25, 0.3) is 5.91 Å². The van der Waals surface area contributed by atoms with Crippen LogP contribution in [-0.4, -0.2) is 11.0 Å². The fourth-order valence-electron chi connectivity index (χ4n) is 1.98. The summed E-state index contributed by atoms with van der Waals surface area (Å²) in [5, 5.41) is 12.4. The topological polar surface area (TPSA) is 49.3 Å². The summed E-state index contributed by atoms with van der Waals surface area (Å²) in [6.45, 7) is 6.00. The van der Waals surface area contributed by atoms with Gasteiger partial charge < -0.3 is 10.4 Å². The minimum atomic E-state index is -0.172. The molecule has 0 saturated carbocycles. The smallest absolute Gasteiger partial charge is 0.255 e. The van der Waals surface area contributed by atoms with Crippen LogP contribution in [0, 0.1) is 6.92 Å². The zero-order chi connectivity index (χ0) is 14.7. The summed E-state index contributed by atoms with van der Waals surface area (Å²) in [6.07, 6.45) is 0. The molecule has 0 spiro atoms. The summed E-state index contributed by atoms with van der Waals surface area (Å²) in [5.41, 5.74) is 3.19. The normalized spacial score (nSPS) is 10.6. The molecule has 0 saturated heterocycles. The first-order valence-electron chi connectivity index (χ1n) is 6.68. The molecule has 0 fully saturated rings. The minimum Gasteiger partial charge on any atom is -0.508 e. The van der Waals surface area contributed by atoms with E-state index in [0.29, 0.717) is 17.0 Å². The van der Waals surface area contributed by atoms with Crippen molar-refractivity contribution in [3.05, 3.63) is 59.2 Å². The summed E-state index contributed by atoms with van der Waals surface area (Å²) < 4.78 is 0. The van der Waals surface area contributed by atoms with Crippen LogP contribution in [0.15, 0.2) is 42.5 Å². The van der Waals surface area contributed by atoms with Crippen LogP contribution in [0.25, 0.3) is 0 Å². The Hall–Kier alpha value is -2.29. The third-order valence-corrected chi connectivity index (χ3v) is 3.27. The van der Waals surface area contributed by atoms with Crippen LogP contribution in [0.3, 0.4) is 0 Å². The number of hydrogen-bond donors (Lipinski definition) is 2. The summed E-state index contributed by atoms with van der Waals surface area (Å²) in [7, 11) is 0. The number of phenolic OH excluding ortho intramolecular Hbond substituents is 1. The number of hydrogen-bond acceptors (Lipinski definition) is 2. The molecule has 0 aliphatic rings. The molecular formula is C17H19NO2. The highest BCUT2D eigenvalue weighted by atomic mass is 16.3. The van der Waals surface area contributed by atoms with Gasteiger partial charge in [0.2, 0.25) is 0 Å². The van der Waals surface area contributed by atoms with Crippen LogP contribution >= 0.6 is 0 Å². The molecule has 20 heavy (non-hydrogen) atoms. The van der Waals surface area contributed by atoms with Gasteiger partial charge in [0, 0.05) is 11.3 Å². The molecule has 0 unspecified atom stereocenters. The fourth-order valence-corrected chi connectivity index (χ4v) is 1.98. The van der Waals surface area contributed by atoms with Gasteiger partial charge in [-0.15, -0.1) is 0 Å². The number of amides is 1. The quantitative estimate of drug-likeness (QED) is 0.882.